The van der Waals surface area contributed by atoms with E-state index in [2.05, 4.69) is 5.32 Å². The van der Waals surface area contributed by atoms with Crippen molar-refractivity contribution < 1.29 is 33.8 Å². The van der Waals surface area contributed by atoms with Gasteiger partial charge in [-0.3, -0.25) is 14.4 Å². The van der Waals surface area contributed by atoms with Crippen LogP contribution in [0, 0.1) is 5.92 Å². The summed E-state index contributed by atoms with van der Waals surface area (Å²) in [6.45, 7) is 0. The second kappa shape index (κ2) is 11.7. The molecule has 2 N–H and O–H groups in total. The predicted octanol–water partition coefficient (Wildman–Crippen LogP) is 5.10. The molecule has 0 saturated carbocycles. The summed E-state index contributed by atoms with van der Waals surface area (Å²) >= 11 is 0. The minimum atomic E-state index is -1.09. The number of rotatable bonds is 7. The van der Waals surface area contributed by atoms with E-state index in [9.17, 15) is 24.3 Å². The van der Waals surface area contributed by atoms with Crippen molar-refractivity contribution in [2.24, 2.45) is 5.92 Å². The quantitative estimate of drug-likeness (QED) is 0.387. The lowest BCUT2D eigenvalue weighted by molar-refractivity contribution is -0.138. The highest BCUT2D eigenvalue weighted by Crippen LogP contribution is 2.48. The van der Waals surface area contributed by atoms with Crippen LogP contribution in [-0.2, 0) is 19.1 Å². The van der Waals surface area contributed by atoms with Gasteiger partial charge in [-0.25, -0.2) is 4.79 Å². The Kier molecular flexibility index (Phi) is 7.87. The van der Waals surface area contributed by atoms with Gasteiger partial charge in [-0.1, -0.05) is 42.5 Å². The Morgan fingerprint density at radius 3 is 2.27 bits per heavy atom. The number of fused-ring (bicyclic) bond motifs is 2. The highest BCUT2D eigenvalue weighted by Gasteiger charge is 2.45. The fourth-order valence-electron chi connectivity index (χ4n) is 5.57. The fourth-order valence-corrected chi connectivity index (χ4v) is 5.57. The lowest BCUT2D eigenvalue weighted by atomic mass is 9.76. The number of carboxylic acid groups (broad SMARTS) is 1. The third-order valence-corrected chi connectivity index (χ3v) is 7.56. The van der Waals surface area contributed by atoms with Gasteiger partial charge in [0, 0.05) is 24.5 Å². The van der Waals surface area contributed by atoms with Crippen LogP contribution in [0.2, 0.25) is 0 Å². The topological polar surface area (TPSA) is 122 Å². The Bertz CT molecular complexity index is 1510. The summed E-state index contributed by atoms with van der Waals surface area (Å²) in [6, 6.07) is 20.6. The van der Waals surface area contributed by atoms with Crippen LogP contribution >= 0.6 is 0 Å². The SMILES string of the molecule is COC(=O)c1ccc([C@@H]2[C@H]3C(=O)C[C@@H](c4ccc(OC)cc4)C=C3Nc3ccccc3N2C(=O)CCC(=O)O)cc1. The first-order valence-electron chi connectivity index (χ1n) is 13.3. The first kappa shape index (κ1) is 27.6. The van der Waals surface area contributed by atoms with Gasteiger partial charge < -0.3 is 24.8 Å². The van der Waals surface area contributed by atoms with E-state index in [-0.39, 0.29) is 31.0 Å². The molecule has 0 unspecified atom stereocenters. The number of aliphatic carboxylic acids is 1. The number of ether oxygens (including phenoxy) is 2. The molecular formula is C32H30N2O7. The molecule has 1 heterocycles. The molecular weight excluding hydrogens is 524 g/mol. The first-order valence-corrected chi connectivity index (χ1v) is 13.3. The summed E-state index contributed by atoms with van der Waals surface area (Å²) in [7, 11) is 2.89. The number of amides is 1. The number of Topliss-reactive ketones (excluding diaryl/α,β-unsaturated/α-hetero) is 1. The average molecular weight is 555 g/mol. The van der Waals surface area contributed by atoms with Crippen molar-refractivity contribution in [3.8, 4) is 5.75 Å². The number of hydrogen-bond acceptors (Lipinski definition) is 7. The van der Waals surface area contributed by atoms with E-state index in [1.54, 1.807) is 43.5 Å². The molecule has 5 rings (SSSR count). The standard InChI is InChI=1S/C32H30N2O7/c1-40-23-13-11-19(12-14-23)22-17-25-30(27(35)18-22)31(20-7-9-21(10-8-20)32(39)41-2)34(28(36)15-16-29(37)38)26-6-4-3-5-24(26)33-25/h3-14,17,22,30-31,33H,15-16,18H2,1-2H3,(H,37,38)/t22-,30+,31+/m0/s1. The molecule has 0 spiro atoms. The average Bonchev–Trinajstić information content (AvgIpc) is 3.14. The summed E-state index contributed by atoms with van der Waals surface area (Å²) in [6.07, 6.45) is 1.66. The molecule has 3 aromatic rings. The molecule has 3 aromatic carbocycles. The second-order valence-corrected chi connectivity index (χ2v) is 10.0. The zero-order valence-electron chi connectivity index (χ0n) is 22.7. The monoisotopic (exact) mass is 554 g/mol. The number of ketones is 1. The number of esters is 1. The Morgan fingerprint density at radius 2 is 1.61 bits per heavy atom. The highest BCUT2D eigenvalue weighted by molar-refractivity contribution is 6.02. The van der Waals surface area contributed by atoms with E-state index < -0.39 is 29.8 Å². The molecule has 1 amide bonds. The summed E-state index contributed by atoms with van der Waals surface area (Å²) in [5.74, 6) is -2.32. The van der Waals surface area contributed by atoms with E-state index in [0.29, 0.717) is 33.9 Å². The Hall–Kier alpha value is -4.92. The molecule has 9 nitrogen and oxygen atoms in total. The third-order valence-electron chi connectivity index (χ3n) is 7.56. The van der Waals surface area contributed by atoms with Crippen LogP contribution in [0.25, 0.3) is 0 Å². The number of anilines is 2. The second-order valence-electron chi connectivity index (χ2n) is 10.0. The summed E-state index contributed by atoms with van der Waals surface area (Å²) in [5.41, 5.74) is 3.74. The number of carbonyl (C=O) groups excluding carboxylic acids is 3. The molecule has 210 valence electrons. The maximum Gasteiger partial charge on any atom is 0.337 e. The molecule has 0 aromatic heterocycles. The van der Waals surface area contributed by atoms with Crippen LogP contribution < -0.4 is 15.0 Å². The zero-order chi connectivity index (χ0) is 29.1. The van der Waals surface area contributed by atoms with Gasteiger partial charge in [0.15, 0.2) is 0 Å². The Labute approximate surface area is 237 Å². The smallest absolute Gasteiger partial charge is 0.337 e. The molecule has 9 heteroatoms. The third kappa shape index (κ3) is 5.56. The summed E-state index contributed by atoms with van der Waals surface area (Å²) < 4.78 is 10.1. The van der Waals surface area contributed by atoms with Crippen molar-refractivity contribution in [2.45, 2.75) is 31.2 Å². The van der Waals surface area contributed by atoms with E-state index >= 15 is 0 Å². The molecule has 41 heavy (non-hydrogen) atoms. The largest absolute Gasteiger partial charge is 0.497 e. The fraction of sp³-hybridized carbons (Fsp3) is 0.250. The predicted molar refractivity (Wildman–Crippen MR) is 152 cm³/mol. The number of carboxylic acids is 1. The van der Waals surface area contributed by atoms with Gasteiger partial charge in [-0.2, -0.15) is 0 Å². The number of nitrogens with zero attached hydrogens (tertiary/aromatic N) is 1. The Morgan fingerprint density at radius 1 is 0.927 bits per heavy atom. The van der Waals surface area contributed by atoms with Crippen molar-refractivity contribution in [1.29, 1.82) is 0 Å². The van der Waals surface area contributed by atoms with Crippen LogP contribution in [0.1, 0.15) is 52.7 Å². The molecule has 1 aliphatic heterocycles. The van der Waals surface area contributed by atoms with Gasteiger partial charge in [-0.05, 0) is 47.5 Å². The van der Waals surface area contributed by atoms with Crippen LogP contribution in [0.4, 0.5) is 11.4 Å². The van der Waals surface area contributed by atoms with Gasteiger partial charge in [0.1, 0.15) is 11.5 Å². The number of methoxy groups -OCH3 is 2. The van der Waals surface area contributed by atoms with Gasteiger partial charge >= 0.3 is 11.9 Å². The van der Waals surface area contributed by atoms with E-state index in [1.165, 1.54) is 12.0 Å². The highest BCUT2D eigenvalue weighted by atomic mass is 16.5. The van der Waals surface area contributed by atoms with Crippen LogP contribution in [0.15, 0.2) is 84.6 Å². The lowest BCUT2D eigenvalue weighted by Crippen LogP contribution is -2.42. The molecule has 0 saturated heterocycles. The van der Waals surface area contributed by atoms with Crippen molar-refractivity contribution >= 4 is 35.0 Å². The first-order chi connectivity index (χ1) is 19.8. The van der Waals surface area contributed by atoms with Gasteiger partial charge in [-0.15, -0.1) is 0 Å². The van der Waals surface area contributed by atoms with Gasteiger partial charge in [0.05, 0.1) is 49.5 Å². The van der Waals surface area contributed by atoms with E-state index in [4.69, 9.17) is 9.47 Å². The molecule has 0 bridgehead atoms. The van der Waals surface area contributed by atoms with E-state index in [0.717, 1.165) is 5.56 Å². The zero-order valence-corrected chi connectivity index (χ0v) is 22.7. The van der Waals surface area contributed by atoms with Crippen LogP contribution in [0.5, 0.6) is 5.75 Å². The maximum atomic E-state index is 14.1. The minimum Gasteiger partial charge on any atom is -0.497 e. The van der Waals surface area contributed by atoms with Crippen LogP contribution in [-0.4, -0.2) is 43.0 Å². The van der Waals surface area contributed by atoms with Crippen molar-refractivity contribution in [1.82, 2.24) is 0 Å². The molecule has 3 atom stereocenters. The minimum absolute atomic E-state index is 0.0679. The van der Waals surface area contributed by atoms with Crippen molar-refractivity contribution in [3.05, 3.63) is 101 Å². The van der Waals surface area contributed by atoms with Crippen molar-refractivity contribution in [3.63, 3.8) is 0 Å². The lowest BCUT2D eigenvalue weighted by Gasteiger charge is -2.37. The maximum absolute atomic E-state index is 14.1. The van der Waals surface area contributed by atoms with Gasteiger partial charge in [0.2, 0.25) is 5.91 Å². The molecule has 0 radical (unpaired) electrons. The number of benzene rings is 3. The molecule has 2 aliphatic rings. The number of carbonyl (C=O) groups is 4. The number of allylic oxidation sites excluding steroid dienone is 1. The van der Waals surface area contributed by atoms with Gasteiger partial charge in [0.25, 0.3) is 0 Å². The molecule has 1 aliphatic carbocycles. The van der Waals surface area contributed by atoms with E-state index in [1.807, 2.05) is 42.5 Å². The summed E-state index contributed by atoms with van der Waals surface area (Å²) in [4.78, 5) is 52.9. The number of hydrogen-bond donors (Lipinski definition) is 2. The normalized spacial score (nSPS) is 19.6. The summed E-state index contributed by atoms with van der Waals surface area (Å²) in [5, 5.41) is 12.7. The van der Waals surface area contributed by atoms with Crippen LogP contribution in [0.3, 0.4) is 0 Å². The number of nitrogens with one attached hydrogen (secondary N) is 1. The Balaban J connectivity index is 1.66. The van der Waals surface area contributed by atoms with Crippen molar-refractivity contribution in [2.75, 3.05) is 24.4 Å². The number of para-hydroxylation sites is 2. The molecule has 0 fully saturated rings.